The van der Waals surface area contributed by atoms with Crippen molar-refractivity contribution >= 4 is 34.2 Å². The van der Waals surface area contributed by atoms with E-state index in [1.807, 2.05) is 23.1 Å². The number of halogens is 3. The SMILES string of the molecule is COc1ccc(C(C)C)c(N2CCSC2=NC(=O)N/C=C(\C#N)c2ccc(-c3ncn(-c4ccc(OC(F)(F)F)cc4)n3)cc2)c1. The van der Waals surface area contributed by atoms with Gasteiger partial charge in [-0.2, -0.15) is 10.3 Å². The molecule has 2 heterocycles. The fourth-order valence-electron chi connectivity index (χ4n) is 4.64. The molecule has 10 nitrogen and oxygen atoms in total. The van der Waals surface area contributed by atoms with Crippen molar-refractivity contribution in [2.45, 2.75) is 26.1 Å². The Labute approximate surface area is 267 Å². The monoisotopic (exact) mass is 647 g/mol. The first-order valence-corrected chi connectivity index (χ1v) is 15.0. The number of nitrogens with zero attached hydrogens (tertiary/aromatic N) is 6. The number of rotatable bonds is 8. The molecule has 0 spiro atoms. The van der Waals surface area contributed by atoms with Gasteiger partial charge in [0.05, 0.1) is 18.4 Å². The quantitative estimate of drug-likeness (QED) is 0.201. The lowest BCUT2D eigenvalue weighted by atomic mass is 10.00. The standard InChI is InChI=1S/C32H28F3N7O3S/c1-20(2)27-13-12-26(44-3)16-28(27)41-14-15-46-31(41)39-30(43)37-18-23(17-36)21-4-6-22(7-5-21)29-38-19-42(40-29)24-8-10-25(11-9-24)45-32(33,34)35/h4-13,16,18-20H,14-15H2,1-3H3,(H,37,43)/b23-18+,39-31?. The van der Waals surface area contributed by atoms with E-state index in [1.54, 1.807) is 31.4 Å². The summed E-state index contributed by atoms with van der Waals surface area (Å²) >= 11 is 1.47. The lowest BCUT2D eigenvalue weighted by molar-refractivity contribution is -0.274. The number of alkyl halides is 3. The molecule has 0 bridgehead atoms. The van der Waals surface area contributed by atoms with Crippen LogP contribution in [0.2, 0.25) is 0 Å². The van der Waals surface area contributed by atoms with E-state index in [0.717, 1.165) is 17.0 Å². The van der Waals surface area contributed by atoms with E-state index in [1.165, 1.54) is 53.2 Å². The van der Waals surface area contributed by atoms with E-state index in [4.69, 9.17) is 4.74 Å². The molecule has 1 aliphatic rings. The number of benzene rings is 3. The van der Waals surface area contributed by atoms with Gasteiger partial charge in [0.1, 0.15) is 23.9 Å². The highest BCUT2D eigenvalue weighted by Crippen LogP contribution is 2.35. The van der Waals surface area contributed by atoms with Crippen LogP contribution < -0.4 is 19.7 Å². The molecule has 4 aromatic rings. The number of nitriles is 1. The average molecular weight is 648 g/mol. The van der Waals surface area contributed by atoms with Crippen molar-refractivity contribution in [1.29, 1.82) is 5.26 Å². The molecule has 1 N–H and O–H groups in total. The maximum Gasteiger partial charge on any atom is 0.573 e. The van der Waals surface area contributed by atoms with Crippen molar-refractivity contribution in [2.75, 3.05) is 24.3 Å². The third kappa shape index (κ3) is 7.67. The van der Waals surface area contributed by atoms with Crippen LogP contribution in [0.15, 0.2) is 84.2 Å². The van der Waals surface area contributed by atoms with Crippen LogP contribution in [0.3, 0.4) is 0 Å². The second kappa shape index (κ2) is 13.8. The van der Waals surface area contributed by atoms with Crippen LogP contribution in [0.25, 0.3) is 22.6 Å². The van der Waals surface area contributed by atoms with Crippen molar-refractivity contribution in [2.24, 2.45) is 4.99 Å². The molecule has 0 atom stereocenters. The first kappa shape index (κ1) is 32.1. The zero-order valence-corrected chi connectivity index (χ0v) is 25.8. The van der Waals surface area contributed by atoms with Crippen molar-refractivity contribution in [3.63, 3.8) is 0 Å². The summed E-state index contributed by atoms with van der Waals surface area (Å²) in [5, 5.41) is 17.3. The van der Waals surface area contributed by atoms with Gasteiger partial charge in [0, 0.05) is 35.8 Å². The van der Waals surface area contributed by atoms with Crippen molar-refractivity contribution in [3.05, 3.63) is 90.4 Å². The van der Waals surface area contributed by atoms with E-state index < -0.39 is 12.4 Å². The van der Waals surface area contributed by atoms with E-state index in [2.05, 4.69) is 45.0 Å². The highest BCUT2D eigenvalue weighted by Gasteiger charge is 2.31. The Hall–Kier alpha value is -5.29. The molecule has 0 aliphatic carbocycles. The van der Waals surface area contributed by atoms with Gasteiger partial charge in [-0.25, -0.2) is 14.5 Å². The molecule has 14 heteroatoms. The molecule has 46 heavy (non-hydrogen) atoms. The van der Waals surface area contributed by atoms with Crippen LogP contribution >= 0.6 is 11.8 Å². The molecule has 236 valence electrons. The zero-order valence-electron chi connectivity index (χ0n) is 24.9. The third-order valence-electron chi connectivity index (χ3n) is 6.87. The minimum atomic E-state index is -4.78. The van der Waals surface area contributed by atoms with Crippen LogP contribution in [0.5, 0.6) is 11.5 Å². The Kier molecular flexibility index (Phi) is 9.62. The number of carbonyl (C=O) groups excluding carboxylic acids is 1. The summed E-state index contributed by atoms with van der Waals surface area (Å²) in [6.45, 7) is 4.89. The second-order valence-corrected chi connectivity index (χ2v) is 11.3. The predicted molar refractivity (Wildman–Crippen MR) is 170 cm³/mol. The van der Waals surface area contributed by atoms with E-state index in [9.17, 15) is 23.2 Å². The Morgan fingerprint density at radius 3 is 2.48 bits per heavy atom. The van der Waals surface area contributed by atoms with Crippen LogP contribution in [0.1, 0.15) is 30.9 Å². The normalized spacial score (nSPS) is 14.4. The van der Waals surface area contributed by atoms with Gasteiger partial charge in [0.15, 0.2) is 11.0 Å². The molecule has 5 rings (SSSR count). The lowest BCUT2D eigenvalue weighted by Crippen LogP contribution is -2.27. The number of nitrogens with one attached hydrogen (secondary N) is 1. The molecule has 1 saturated heterocycles. The number of carbonyl (C=O) groups is 1. The first-order chi connectivity index (χ1) is 22.0. The summed E-state index contributed by atoms with van der Waals surface area (Å²) in [5.41, 5.74) is 3.94. The fourth-order valence-corrected chi connectivity index (χ4v) is 5.59. The van der Waals surface area contributed by atoms with Crippen molar-refractivity contribution in [1.82, 2.24) is 20.1 Å². The summed E-state index contributed by atoms with van der Waals surface area (Å²) in [7, 11) is 1.61. The molecule has 3 aromatic carbocycles. The first-order valence-electron chi connectivity index (χ1n) is 14.0. The number of methoxy groups -OCH3 is 1. The van der Waals surface area contributed by atoms with Gasteiger partial charge in [-0.3, -0.25) is 0 Å². The number of hydrogen-bond acceptors (Lipinski definition) is 7. The number of aliphatic imine (C=N–C) groups is 1. The molecule has 1 aliphatic heterocycles. The molecule has 1 fully saturated rings. The molecule has 0 saturated carbocycles. The number of ether oxygens (including phenoxy) is 2. The number of thioether (sulfide) groups is 1. The lowest BCUT2D eigenvalue weighted by Gasteiger charge is -2.23. The van der Waals surface area contributed by atoms with Crippen molar-refractivity contribution < 1.29 is 27.4 Å². The Balaban J connectivity index is 1.26. The Morgan fingerprint density at radius 2 is 1.83 bits per heavy atom. The smallest absolute Gasteiger partial charge is 0.497 e. The molecule has 0 unspecified atom stereocenters. The van der Waals surface area contributed by atoms with Gasteiger partial charge >= 0.3 is 12.4 Å². The van der Waals surface area contributed by atoms with Gasteiger partial charge in [0.2, 0.25) is 0 Å². The summed E-state index contributed by atoms with van der Waals surface area (Å²) < 4.78 is 48.0. The molecule has 0 radical (unpaired) electrons. The largest absolute Gasteiger partial charge is 0.573 e. The maximum atomic E-state index is 12.8. The average Bonchev–Trinajstić information content (AvgIpc) is 3.71. The predicted octanol–water partition coefficient (Wildman–Crippen LogP) is 7.15. The number of anilines is 1. The van der Waals surface area contributed by atoms with Gasteiger partial charge in [-0.15, -0.1) is 18.3 Å². The number of amidine groups is 1. The zero-order chi connectivity index (χ0) is 32.8. The second-order valence-electron chi connectivity index (χ2n) is 10.2. The molecular weight excluding hydrogens is 619 g/mol. The maximum absolute atomic E-state index is 12.8. The van der Waals surface area contributed by atoms with Gasteiger partial charge in [-0.1, -0.05) is 55.9 Å². The number of hydrogen-bond donors (Lipinski definition) is 1. The number of urea groups is 1. The number of allylic oxidation sites excluding steroid dienone is 1. The number of aromatic nitrogens is 3. The number of amides is 2. The summed E-state index contributed by atoms with van der Waals surface area (Å²) in [4.78, 5) is 23.4. The topological polar surface area (TPSA) is 118 Å². The van der Waals surface area contributed by atoms with Gasteiger partial charge < -0.3 is 19.7 Å². The van der Waals surface area contributed by atoms with Crippen LogP contribution in [0.4, 0.5) is 23.7 Å². The van der Waals surface area contributed by atoms with Crippen LogP contribution in [-0.2, 0) is 0 Å². The Morgan fingerprint density at radius 1 is 1.11 bits per heavy atom. The van der Waals surface area contributed by atoms with E-state index in [0.29, 0.717) is 40.1 Å². The van der Waals surface area contributed by atoms with Gasteiger partial charge in [-0.05, 0) is 47.4 Å². The summed E-state index contributed by atoms with van der Waals surface area (Å²) in [5.74, 6) is 1.75. The van der Waals surface area contributed by atoms with E-state index >= 15 is 0 Å². The minimum Gasteiger partial charge on any atom is -0.497 e. The van der Waals surface area contributed by atoms with Crippen molar-refractivity contribution in [3.8, 4) is 34.6 Å². The fraction of sp³-hybridized carbons (Fsp3) is 0.219. The van der Waals surface area contributed by atoms with Crippen LogP contribution in [-0.4, -0.2) is 51.7 Å². The highest BCUT2D eigenvalue weighted by molar-refractivity contribution is 8.14. The summed E-state index contributed by atoms with van der Waals surface area (Å²) in [6, 6.07) is 19.4. The molecule has 1 aromatic heterocycles. The minimum absolute atomic E-state index is 0.213. The molecule has 2 amide bonds. The van der Waals surface area contributed by atoms with E-state index in [-0.39, 0.29) is 17.2 Å². The van der Waals surface area contributed by atoms with Crippen LogP contribution in [0, 0.1) is 11.3 Å². The van der Waals surface area contributed by atoms with Gasteiger partial charge in [0.25, 0.3) is 0 Å². The summed E-state index contributed by atoms with van der Waals surface area (Å²) in [6.07, 6.45) is -2.03. The Bertz CT molecular complexity index is 1810. The highest BCUT2D eigenvalue weighted by atomic mass is 32.2. The third-order valence-corrected chi connectivity index (χ3v) is 7.82. The molecular formula is C32H28F3N7O3S.